The molecule has 86 valence electrons. The molecule has 1 aromatic heterocycles. The van der Waals surface area contributed by atoms with Crippen molar-refractivity contribution in [2.24, 2.45) is 0 Å². The van der Waals surface area contributed by atoms with Crippen LogP contribution in [0.3, 0.4) is 0 Å². The Morgan fingerprint density at radius 2 is 2.12 bits per heavy atom. The van der Waals surface area contributed by atoms with Gasteiger partial charge in [0, 0.05) is 10.7 Å². The van der Waals surface area contributed by atoms with Crippen molar-refractivity contribution in [3.05, 3.63) is 17.3 Å². The zero-order valence-corrected chi connectivity index (χ0v) is 9.06. The summed E-state index contributed by atoms with van der Waals surface area (Å²) in [5.74, 6) is -0.587. The molecule has 0 saturated carbocycles. The molecule has 0 spiro atoms. The van der Waals surface area contributed by atoms with Crippen LogP contribution in [0.2, 0.25) is 0 Å². The smallest absolute Gasteiger partial charge is 0.266 e. The summed E-state index contributed by atoms with van der Waals surface area (Å²) in [5, 5.41) is 8.50. The van der Waals surface area contributed by atoms with Gasteiger partial charge in [-0.2, -0.15) is 5.26 Å². The number of aromatic nitrogens is 1. The molecule has 0 aliphatic rings. The molecule has 2 N–H and O–H groups in total. The van der Waals surface area contributed by atoms with Gasteiger partial charge < -0.3 is 5.73 Å². The topological polar surface area (TPSA) is 96.8 Å². The lowest BCUT2D eigenvalue weighted by Crippen LogP contribution is -2.06. The van der Waals surface area contributed by atoms with Crippen molar-refractivity contribution in [2.75, 3.05) is 5.73 Å². The van der Waals surface area contributed by atoms with Gasteiger partial charge in [-0.05, 0) is 6.07 Å². The average molecular weight is 268 g/mol. The van der Waals surface area contributed by atoms with Gasteiger partial charge in [-0.1, -0.05) is 0 Å². The number of halogens is 3. The van der Waals surface area contributed by atoms with E-state index in [1.807, 2.05) is 0 Å². The number of nitrogens with zero attached hydrogens (tertiary/aromatic N) is 2. The third kappa shape index (κ3) is 2.37. The first kappa shape index (κ1) is 12.6. The Balaban J connectivity index is 3.60. The number of rotatable bonds is 2. The third-order valence-corrected chi connectivity index (χ3v) is 3.00. The van der Waals surface area contributed by atoms with Gasteiger partial charge in [0.2, 0.25) is 0 Å². The van der Waals surface area contributed by atoms with Crippen LogP contribution < -0.4 is 5.73 Å². The van der Waals surface area contributed by atoms with Crippen LogP contribution in [0, 0.1) is 11.3 Å². The van der Waals surface area contributed by atoms with Crippen LogP contribution in [0.5, 0.6) is 0 Å². The Morgan fingerprint density at radius 1 is 1.56 bits per heavy atom. The van der Waals surface area contributed by atoms with Gasteiger partial charge in [0.15, 0.2) is 5.69 Å². The van der Waals surface area contributed by atoms with Crippen LogP contribution in [-0.4, -0.2) is 13.4 Å². The lowest BCUT2D eigenvalue weighted by atomic mass is 10.2. The number of nitrogen functional groups attached to an aromatic ring is 1. The van der Waals surface area contributed by atoms with E-state index >= 15 is 0 Å². The first-order chi connectivity index (χ1) is 7.27. The molecule has 0 aromatic carbocycles. The Kier molecular flexibility index (Phi) is 3.30. The molecular weight excluding hydrogens is 264 g/mol. The van der Waals surface area contributed by atoms with Gasteiger partial charge >= 0.3 is 0 Å². The Labute approximate surface area is 93.9 Å². The molecule has 1 aromatic rings. The summed E-state index contributed by atoms with van der Waals surface area (Å²) < 4.78 is 46.8. The van der Waals surface area contributed by atoms with E-state index in [0.29, 0.717) is 6.07 Å². The molecule has 0 amide bonds. The Bertz CT molecular complexity index is 568. The molecule has 1 heterocycles. The van der Waals surface area contributed by atoms with Crippen molar-refractivity contribution in [1.82, 2.24) is 4.98 Å². The van der Waals surface area contributed by atoms with Crippen molar-refractivity contribution in [3.8, 4) is 6.07 Å². The number of nitrogens with two attached hydrogens (primary N) is 1. The molecule has 0 aliphatic carbocycles. The summed E-state index contributed by atoms with van der Waals surface area (Å²) in [4.78, 5) is 2.52. The fraction of sp³-hybridized carbons (Fsp3) is 0.143. The fourth-order valence-corrected chi connectivity index (χ4v) is 1.91. The highest BCUT2D eigenvalue weighted by atomic mass is 35.7. The van der Waals surface area contributed by atoms with Gasteiger partial charge in [-0.25, -0.2) is 22.2 Å². The second kappa shape index (κ2) is 4.19. The SMILES string of the molecule is N#Cc1nc(N)c(S(=O)(=O)Cl)cc1C(F)F. The molecule has 0 unspecified atom stereocenters. The summed E-state index contributed by atoms with van der Waals surface area (Å²) in [6, 6.07) is 1.94. The highest BCUT2D eigenvalue weighted by Gasteiger charge is 2.23. The van der Waals surface area contributed by atoms with Gasteiger partial charge in [-0.3, -0.25) is 0 Å². The zero-order chi connectivity index (χ0) is 12.5. The van der Waals surface area contributed by atoms with Crippen LogP contribution in [0.4, 0.5) is 14.6 Å². The van der Waals surface area contributed by atoms with Gasteiger partial charge in [0.05, 0.1) is 5.56 Å². The van der Waals surface area contributed by atoms with Crippen LogP contribution in [0.15, 0.2) is 11.0 Å². The van der Waals surface area contributed by atoms with Crippen molar-refractivity contribution in [3.63, 3.8) is 0 Å². The number of anilines is 1. The van der Waals surface area contributed by atoms with Crippen LogP contribution in [-0.2, 0) is 9.05 Å². The molecule has 5 nitrogen and oxygen atoms in total. The first-order valence-electron chi connectivity index (χ1n) is 3.70. The Morgan fingerprint density at radius 3 is 2.50 bits per heavy atom. The highest BCUT2D eigenvalue weighted by molar-refractivity contribution is 8.13. The quantitative estimate of drug-likeness (QED) is 0.817. The minimum Gasteiger partial charge on any atom is -0.383 e. The number of nitriles is 1. The van der Waals surface area contributed by atoms with Crippen LogP contribution >= 0.6 is 10.7 Å². The van der Waals surface area contributed by atoms with Crippen LogP contribution in [0.25, 0.3) is 0 Å². The molecule has 0 saturated heterocycles. The first-order valence-corrected chi connectivity index (χ1v) is 6.01. The van der Waals surface area contributed by atoms with Gasteiger partial charge in [0.25, 0.3) is 15.5 Å². The lowest BCUT2D eigenvalue weighted by molar-refractivity contribution is 0.150. The zero-order valence-electron chi connectivity index (χ0n) is 7.49. The number of pyridine rings is 1. The van der Waals surface area contributed by atoms with Gasteiger partial charge in [-0.15, -0.1) is 0 Å². The fourth-order valence-electron chi connectivity index (χ4n) is 0.975. The van der Waals surface area contributed by atoms with E-state index in [1.54, 1.807) is 0 Å². The van der Waals surface area contributed by atoms with E-state index < -0.39 is 37.4 Å². The second-order valence-electron chi connectivity index (χ2n) is 2.66. The number of hydrogen-bond donors (Lipinski definition) is 1. The standard InChI is InChI=1S/C7H4ClF2N3O2S/c8-16(14,15)5-1-3(6(9)10)4(2-11)13-7(5)12/h1,6H,(H2,12,13). The molecule has 0 aliphatic heterocycles. The normalized spacial score (nSPS) is 11.4. The second-order valence-corrected chi connectivity index (χ2v) is 5.19. The summed E-state index contributed by atoms with van der Waals surface area (Å²) in [5.41, 5.74) is 3.73. The summed E-state index contributed by atoms with van der Waals surface area (Å²) in [7, 11) is 0.688. The van der Waals surface area contributed by atoms with E-state index in [1.165, 1.54) is 6.07 Å². The van der Waals surface area contributed by atoms with E-state index in [9.17, 15) is 17.2 Å². The molecule has 0 radical (unpaired) electrons. The van der Waals surface area contributed by atoms with Crippen molar-refractivity contribution in [2.45, 2.75) is 11.3 Å². The summed E-state index contributed by atoms with van der Waals surface area (Å²) in [6.07, 6.45) is -3.04. The molecule has 0 fully saturated rings. The average Bonchev–Trinajstić information content (AvgIpc) is 2.14. The largest absolute Gasteiger partial charge is 0.383 e. The highest BCUT2D eigenvalue weighted by Crippen LogP contribution is 2.28. The molecule has 1 rings (SSSR count). The number of hydrogen-bond acceptors (Lipinski definition) is 5. The predicted molar refractivity (Wildman–Crippen MR) is 51.4 cm³/mol. The van der Waals surface area contributed by atoms with E-state index in [2.05, 4.69) is 4.98 Å². The molecule has 0 atom stereocenters. The Hall–Kier alpha value is -1.46. The van der Waals surface area contributed by atoms with E-state index in [-0.39, 0.29) is 0 Å². The molecular formula is C7H4ClF2N3O2S. The number of alkyl halides is 2. The maximum absolute atomic E-state index is 12.4. The van der Waals surface area contributed by atoms with Crippen molar-refractivity contribution in [1.29, 1.82) is 5.26 Å². The maximum Gasteiger partial charge on any atom is 0.266 e. The monoisotopic (exact) mass is 267 g/mol. The molecule has 16 heavy (non-hydrogen) atoms. The van der Waals surface area contributed by atoms with Crippen LogP contribution in [0.1, 0.15) is 17.7 Å². The van der Waals surface area contributed by atoms with E-state index in [0.717, 1.165) is 0 Å². The summed E-state index contributed by atoms with van der Waals surface area (Å²) >= 11 is 0. The van der Waals surface area contributed by atoms with Crippen molar-refractivity contribution < 1.29 is 17.2 Å². The molecule has 0 bridgehead atoms. The van der Waals surface area contributed by atoms with Gasteiger partial charge in [0.1, 0.15) is 16.8 Å². The third-order valence-electron chi connectivity index (χ3n) is 1.65. The van der Waals surface area contributed by atoms with E-state index in [4.69, 9.17) is 21.7 Å². The predicted octanol–water partition coefficient (Wildman–Crippen LogP) is 1.40. The maximum atomic E-state index is 12.4. The minimum atomic E-state index is -4.27. The minimum absolute atomic E-state index is 0.549. The molecule has 9 heteroatoms. The van der Waals surface area contributed by atoms with Crippen molar-refractivity contribution >= 4 is 25.6 Å². The summed E-state index contributed by atoms with van der Waals surface area (Å²) in [6.45, 7) is 0. The lowest BCUT2D eigenvalue weighted by Gasteiger charge is -2.06.